The molecule has 0 saturated carbocycles. The molecule has 18 heavy (non-hydrogen) atoms. The van der Waals surface area contributed by atoms with Gasteiger partial charge in [-0.05, 0) is 37.9 Å². The van der Waals surface area contributed by atoms with Crippen molar-refractivity contribution in [3.63, 3.8) is 0 Å². The molecule has 0 radical (unpaired) electrons. The fourth-order valence-electron chi connectivity index (χ4n) is 1.71. The summed E-state index contributed by atoms with van der Waals surface area (Å²) in [6.07, 6.45) is 5.21. The third-order valence-corrected chi connectivity index (χ3v) is 2.90. The van der Waals surface area contributed by atoms with E-state index in [9.17, 15) is 0 Å². The Labute approximate surface area is 115 Å². The molecule has 0 fully saturated rings. The zero-order valence-electron chi connectivity index (χ0n) is 11.5. The SMILES string of the molecule is CCCNCc1cnc(OC(C)CCC)c(Cl)c1. The van der Waals surface area contributed by atoms with Gasteiger partial charge < -0.3 is 10.1 Å². The number of nitrogens with one attached hydrogen (secondary N) is 1. The summed E-state index contributed by atoms with van der Waals surface area (Å²) >= 11 is 6.17. The van der Waals surface area contributed by atoms with Crippen molar-refractivity contribution in [1.82, 2.24) is 10.3 Å². The molecular weight excluding hydrogens is 248 g/mol. The Morgan fingerprint density at radius 2 is 2.17 bits per heavy atom. The van der Waals surface area contributed by atoms with Gasteiger partial charge in [0.2, 0.25) is 5.88 Å². The van der Waals surface area contributed by atoms with Crippen molar-refractivity contribution in [3.8, 4) is 5.88 Å². The van der Waals surface area contributed by atoms with Gasteiger partial charge in [0.25, 0.3) is 0 Å². The zero-order valence-corrected chi connectivity index (χ0v) is 12.3. The number of pyridine rings is 1. The molecule has 1 aromatic heterocycles. The predicted octanol–water partition coefficient (Wildman–Crippen LogP) is 3.80. The van der Waals surface area contributed by atoms with Gasteiger partial charge in [-0.1, -0.05) is 31.9 Å². The minimum absolute atomic E-state index is 0.157. The van der Waals surface area contributed by atoms with Crippen LogP contribution in [0.5, 0.6) is 5.88 Å². The number of hydrogen-bond donors (Lipinski definition) is 1. The summed E-state index contributed by atoms with van der Waals surface area (Å²) in [7, 11) is 0. The molecule has 3 nitrogen and oxygen atoms in total. The molecule has 0 aromatic carbocycles. The maximum Gasteiger partial charge on any atom is 0.232 e. The molecule has 1 aromatic rings. The smallest absolute Gasteiger partial charge is 0.232 e. The second-order valence-electron chi connectivity index (χ2n) is 4.52. The van der Waals surface area contributed by atoms with Crippen LogP contribution in [0.2, 0.25) is 5.02 Å². The Balaban J connectivity index is 2.56. The van der Waals surface area contributed by atoms with Crippen molar-refractivity contribution in [1.29, 1.82) is 0 Å². The Morgan fingerprint density at radius 3 is 2.78 bits per heavy atom. The molecule has 0 spiro atoms. The molecule has 1 heterocycles. The minimum atomic E-state index is 0.157. The molecule has 1 rings (SSSR count). The minimum Gasteiger partial charge on any atom is -0.474 e. The van der Waals surface area contributed by atoms with Gasteiger partial charge in [-0.25, -0.2) is 4.98 Å². The van der Waals surface area contributed by atoms with E-state index < -0.39 is 0 Å². The first kappa shape index (κ1) is 15.3. The number of hydrogen-bond acceptors (Lipinski definition) is 3. The van der Waals surface area contributed by atoms with E-state index in [1.54, 1.807) is 0 Å². The van der Waals surface area contributed by atoms with Crippen LogP contribution in [0.3, 0.4) is 0 Å². The molecule has 4 heteroatoms. The van der Waals surface area contributed by atoms with Crippen LogP contribution in [-0.4, -0.2) is 17.6 Å². The van der Waals surface area contributed by atoms with E-state index >= 15 is 0 Å². The van der Waals surface area contributed by atoms with Crippen molar-refractivity contribution in [2.24, 2.45) is 0 Å². The third kappa shape index (κ3) is 5.23. The van der Waals surface area contributed by atoms with Crippen LogP contribution in [0.1, 0.15) is 45.6 Å². The second-order valence-corrected chi connectivity index (χ2v) is 4.93. The lowest BCUT2D eigenvalue weighted by Gasteiger charge is -2.14. The number of nitrogens with zero attached hydrogens (tertiary/aromatic N) is 1. The number of rotatable bonds is 8. The quantitative estimate of drug-likeness (QED) is 0.730. The topological polar surface area (TPSA) is 34.2 Å². The first-order chi connectivity index (χ1) is 8.67. The third-order valence-electron chi connectivity index (χ3n) is 2.63. The average molecular weight is 271 g/mol. The molecule has 0 aliphatic rings. The Morgan fingerprint density at radius 1 is 1.39 bits per heavy atom. The fraction of sp³-hybridized carbons (Fsp3) is 0.643. The normalized spacial score (nSPS) is 12.4. The molecule has 1 unspecified atom stereocenters. The van der Waals surface area contributed by atoms with E-state index in [2.05, 4.69) is 24.1 Å². The molecule has 0 aliphatic heterocycles. The zero-order chi connectivity index (χ0) is 13.4. The first-order valence-electron chi connectivity index (χ1n) is 6.69. The van der Waals surface area contributed by atoms with Crippen LogP contribution in [0.4, 0.5) is 0 Å². The molecule has 0 bridgehead atoms. The summed E-state index contributed by atoms with van der Waals surface area (Å²) in [6.45, 7) is 8.12. The maximum absolute atomic E-state index is 6.17. The van der Waals surface area contributed by atoms with Crippen LogP contribution in [0.15, 0.2) is 12.3 Å². The van der Waals surface area contributed by atoms with Crippen molar-refractivity contribution >= 4 is 11.6 Å². The number of ether oxygens (including phenoxy) is 1. The highest BCUT2D eigenvalue weighted by Crippen LogP contribution is 2.24. The number of halogens is 1. The maximum atomic E-state index is 6.17. The van der Waals surface area contributed by atoms with Gasteiger partial charge in [0.1, 0.15) is 5.02 Å². The molecule has 0 saturated heterocycles. The van der Waals surface area contributed by atoms with E-state index in [4.69, 9.17) is 16.3 Å². The lowest BCUT2D eigenvalue weighted by molar-refractivity contribution is 0.201. The Kier molecular flexibility index (Phi) is 7.06. The van der Waals surface area contributed by atoms with Crippen LogP contribution < -0.4 is 10.1 Å². The molecule has 0 aliphatic carbocycles. The van der Waals surface area contributed by atoms with E-state index in [0.29, 0.717) is 10.9 Å². The highest BCUT2D eigenvalue weighted by molar-refractivity contribution is 6.31. The molecular formula is C14H23ClN2O. The summed E-state index contributed by atoms with van der Waals surface area (Å²) < 4.78 is 5.70. The lowest BCUT2D eigenvalue weighted by atomic mass is 10.2. The number of aromatic nitrogens is 1. The van der Waals surface area contributed by atoms with E-state index in [1.165, 1.54) is 0 Å². The lowest BCUT2D eigenvalue weighted by Crippen LogP contribution is -2.15. The Hall–Kier alpha value is -0.800. The summed E-state index contributed by atoms with van der Waals surface area (Å²) in [5, 5.41) is 3.91. The highest BCUT2D eigenvalue weighted by atomic mass is 35.5. The molecule has 1 atom stereocenters. The van der Waals surface area contributed by atoms with Gasteiger partial charge in [-0.3, -0.25) is 0 Å². The first-order valence-corrected chi connectivity index (χ1v) is 7.07. The van der Waals surface area contributed by atoms with E-state index in [-0.39, 0.29) is 6.10 Å². The van der Waals surface area contributed by atoms with Gasteiger partial charge in [0, 0.05) is 12.7 Å². The second kappa shape index (κ2) is 8.33. The predicted molar refractivity (Wildman–Crippen MR) is 76.2 cm³/mol. The van der Waals surface area contributed by atoms with Crippen LogP contribution >= 0.6 is 11.6 Å². The van der Waals surface area contributed by atoms with Gasteiger partial charge in [0.15, 0.2) is 0 Å². The standard InChI is InChI=1S/C14H23ClN2O/c1-4-6-11(3)18-14-13(15)8-12(10-17-14)9-16-7-5-2/h8,10-11,16H,4-7,9H2,1-3H3. The van der Waals surface area contributed by atoms with Gasteiger partial charge in [-0.15, -0.1) is 0 Å². The van der Waals surface area contributed by atoms with Crippen molar-refractivity contribution in [3.05, 3.63) is 22.8 Å². The summed E-state index contributed by atoms with van der Waals surface area (Å²) in [5.41, 5.74) is 1.09. The van der Waals surface area contributed by atoms with Crippen molar-refractivity contribution in [2.75, 3.05) is 6.54 Å². The largest absolute Gasteiger partial charge is 0.474 e. The highest BCUT2D eigenvalue weighted by Gasteiger charge is 2.08. The molecule has 102 valence electrons. The van der Waals surface area contributed by atoms with Crippen LogP contribution in [0, 0.1) is 0 Å². The average Bonchev–Trinajstić information content (AvgIpc) is 2.33. The van der Waals surface area contributed by atoms with Crippen LogP contribution in [-0.2, 0) is 6.54 Å². The molecule has 0 amide bonds. The fourth-order valence-corrected chi connectivity index (χ4v) is 1.95. The Bertz CT molecular complexity index is 358. The van der Waals surface area contributed by atoms with E-state index in [1.807, 2.05) is 19.2 Å². The van der Waals surface area contributed by atoms with Crippen LogP contribution in [0.25, 0.3) is 0 Å². The van der Waals surface area contributed by atoms with Gasteiger partial charge in [-0.2, -0.15) is 0 Å². The summed E-state index contributed by atoms with van der Waals surface area (Å²) in [5.74, 6) is 0.539. The summed E-state index contributed by atoms with van der Waals surface area (Å²) in [4.78, 5) is 4.29. The van der Waals surface area contributed by atoms with Gasteiger partial charge in [0.05, 0.1) is 6.10 Å². The molecule has 1 N–H and O–H groups in total. The van der Waals surface area contributed by atoms with Gasteiger partial charge >= 0.3 is 0 Å². The van der Waals surface area contributed by atoms with Crippen molar-refractivity contribution in [2.45, 2.75) is 52.7 Å². The van der Waals surface area contributed by atoms with E-state index in [0.717, 1.165) is 37.9 Å². The van der Waals surface area contributed by atoms with Crippen molar-refractivity contribution < 1.29 is 4.74 Å². The summed E-state index contributed by atoms with van der Waals surface area (Å²) in [6, 6.07) is 1.92. The monoisotopic (exact) mass is 270 g/mol.